The van der Waals surface area contributed by atoms with Gasteiger partial charge in [0, 0.05) is 31.1 Å². The molecule has 2 aromatic carbocycles. The summed E-state index contributed by atoms with van der Waals surface area (Å²) in [4.78, 5) is 14.7. The smallest absolute Gasteiger partial charge is 0.223 e. The predicted octanol–water partition coefficient (Wildman–Crippen LogP) is 3.87. The van der Waals surface area contributed by atoms with E-state index in [1.165, 1.54) is 5.56 Å². The molecule has 0 aromatic heterocycles. The number of aryl methyl sites for hydroxylation is 1. The van der Waals surface area contributed by atoms with Crippen LogP contribution in [-0.4, -0.2) is 30.4 Å². The molecule has 1 aliphatic heterocycles. The number of rotatable bonds is 4. The Morgan fingerprint density at radius 1 is 1.12 bits per heavy atom. The molecule has 5 heteroatoms. The van der Waals surface area contributed by atoms with Crippen molar-refractivity contribution < 1.29 is 4.79 Å². The zero-order valence-corrected chi connectivity index (χ0v) is 15.0. The number of carbonyl (C=O) groups excluding carboxylic acids is 1. The van der Waals surface area contributed by atoms with E-state index >= 15 is 0 Å². The highest BCUT2D eigenvalue weighted by Crippen LogP contribution is 2.29. The van der Waals surface area contributed by atoms with Crippen molar-refractivity contribution in [2.75, 3.05) is 19.6 Å². The van der Waals surface area contributed by atoms with Gasteiger partial charge >= 0.3 is 0 Å². The first-order valence-corrected chi connectivity index (χ1v) is 8.42. The summed E-state index contributed by atoms with van der Waals surface area (Å²) in [6.07, 6.45) is 1.31. The fraction of sp³-hybridized carbons (Fsp3) is 0.316. The Morgan fingerprint density at radius 2 is 1.83 bits per heavy atom. The largest absolute Gasteiger partial charge is 0.333 e. The SMILES string of the molecule is Cl.O=C(CCc1ccccc1)N1CCNCC1c1ccccc1Cl. The Hall–Kier alpha value is -1.55. The lowest BCUT2D eigenvalue weighted by molar-refractivity contribution is -0.134. The van der Waals surface area contributed by atoms with Gasteiger partial charge in [0.2, 0.25) is 5.91 Å². The van der Waals surface area contributed by atoms with Gasteiger partial charge in [0.05, 0.1) is 6.04 Å². The second-order valence-electron chi connectivity index (χ2n) is 5.81. The standard InChI is InChI=1S/C19H21ClN2O.ClH/c20-17-9-5-4-8-16(17)18-14-21-12-13-22(18)19(23)11-10-15-6-2-1-3-7-15;/h1-9,18,21H,10-14H2;1H. The number of nitrogens with one attached hydrogen (secondary N) is 1. The number of hydrogen-bond acceptors (Lipinski definition) is 2. The summed E-state index contributed by atoms with van der Waals surface area (Å²) in [5.41, 5.74) is 2.22. The van der Waals surface area contributed by atoms with Crippen LogP contribution in [0.15, 0.2) is 54.6 Å². The molecule has 3 nitrogen and oxygen atoms in total. The Labute approximate surface area is 154 Å². The van der Waals surface area contributed by atoms with Gasteiger partial charge < -0.3 is 10.2 Å². The number of carbonyl (C=O) groups is 1. The van der Waals surface area contributed by atoms with E-state index in [-0.39, 0.29) is 24.4 Å². The lowest BCUT2D eigenvalue weighted by atomic mass is 10.0. The molecule has 1 N–H and O–H groups in total. The van der Waals surface area contributed by atoms with Crippen LogP contribution in [0.4, 0.5) is 0 Å². The molecule has 1 aliphatic rings. The van der Waals surface area contributed by atoms with Gasteiger partial charge in [0.15, 0.2) is 0 Å². The fourth-order valence-electron chi connectivity index (χ4n) is 3.07. The Bertz CT molecular complexity index is 663. The van der Waals surface area contributed by atoms with Gasteiger partial charge in [0.1, 0.15) is 0 Å². The summed E-state index contributed by atoms with van der Waals surface area (Å²) in [6.45, 7) is 2.31. The molecule has 128 valence electrons. The highest BCUT2D eigenvalue weighted by Gasteiger charge is 2.28. The summed E-state index contributed by atoms with van der Waals surface area (Å²) >= 11 is 6.33. The summed E-state index contributed by atoms with van der Waals surface area (Å²) in [7, 11) is 0. The van der Waals surface area contributed by atoms with Crippen molar-refractivity contribution in [3.8, 4) is 0 Å². The minimum atomic E-state index is 0. The third-order valence-corrected chi connectivity index (χ3v) is 4.64. The van der Waals surface area contributed by atoms with Crippen LogP contribution < -0.4 is 5.32 Å². The second-order valence-corrected chi connectivity index (χ2v) is 6.22. The first kappa shape index (κ1) is 18.8. The van der Waals surface area contributed by atoms with Gasteiger partial charge in [-0.3, -0.25) is 4.79 Å². The summed E-state index contributed by atoms with van der Waals surface area (Å²) in [5, 5.41) is 4.09. The molecule has 1 unspecified atom stereocenters. The van der Waals surface area contributed by atoms with Gasteiger partial charge in [-0.2, -0.15) is 0 Å². The molecule has 24 heavy (non-hydrogen) atoms. The number of benzene rings is 2. The molecule has 1 saturated heterocycles. The van der Waals surface area contributed by atoms with Crippen molar-refractivity contribution >= 4 is 29.9 Å². The summed E-state index contributed by atoms with van der Waals surface area (Å²) in [5.74, 6) is 0.195. The summed E-state index contributed by atoms with van der Waals surface area (Å²) < 4.78 is 0. The zero-order chi connectivity index (χ0) is 16.1. The minimum Gasteiger partial charge on any atom is -0.333 e. The van der Waals surface area contributed by atoms with E-state index in [2.05, 4.69) is 17.4 Å². The van der Waals surface area contributed by atoms with Crippen LogP contribution in [0.1, 0.15) is 23.6 Å². The topological polar surface area (TPSA) is 32.3 Å². The molecule has 1 amide bonds. The second kappa shape index (κ2) is 9.07. The summed E-state index contributed by atoms with van der Waals surface area (Å²) in [6, 6.07) is 18.0. The minimum absolute atomic E-state index is 0. The highest BCUT2D eigenvalue weighted by atomic mass is 35.5. The molecule has 2 aromatic rings. The third-order valence-electron chi connectivity index (χ3n) is 4.30. The first-order chi connectivity index (χ1) is 11.3. The van der Waals surface area contributed by atoms with E-state index in [1.807, 2.05) is 47.4 Å². The van der Waals surface area contributed by atoms with Gasteiger partial charge in [-0.05, 0) is 23.6 Å². The Kier molecular flexibility index (Phi) is 7.10. The van der Waals surface area contributed by atoms with Crippen LogP contribution in [0, 0.1) is 0 Å². The monoisotopic (exact) mass is 364 g/mol. The molecule has 1 fully saturated rings. The zero-order valence-electron chi connectivity index (χ0n) is 13.5. The maximum absolute atomic E-state index is 12.7. The molecule has 3 rings (SSSR count). The van der Waals surface area contributed by atoms with E-state index in [1.54, 1.807) is 0 Å². The lowest BCUT2D eigenvalue weighted by Gasteiger charge is -2.37. The molecular formula is C19H22Cl2N2O. The van der Waals surface area contributed by atoms with E-state index in [9.17, 15) is 4.79 Å². The van der Waals surface area contributed by atoms with Crippen molar-refractivity contribution in [2.24, 2.45) is 0 Å². The average Bonchev–Trinajstić information content (AvgIpc) is 2.61. The first-order valence-electron chi connectivity index (χ1n) is 8.04. The highest BCUT2D eigenvalue weighted by molar-refractivity contribution is 6.31. The lowest BCUT2D eigenvalue weighted by Crippen LogP contribution is -2.48. The number of nitrogens with zero attached hydrogens (tertiary/aromatic N) is 1. The molecule has 0 aliphatic carbocycles. The van der Waals surface area contributed by atoms with Crippen molar-refractivity contribution in [3.63, 3.8) is 0 Å². The quantitative estimate of drug-likeness (QED) is 0.892. The maximum atomic E-state index is 12.7. The van der Waals surface area contributed by atoms with Crippen LogP contribution in [-0.2, 0) is 11.2 Å². The molecule has 0 bridgehead atoms. The molecule has 0 spiro atoms. The van der Waals surface area contributed by atoms with Crippen LogP contribution in [0.25, 0.3) is 0 Å². The Morgan fingerprint density at radius 3 is 2.58 bits per heavy atom. The van der Waals surface area contributed by atoms with Crippen molar-refractivity contribution in [1.82, 2.24) is 10.2 Å². The van der Waals surface area contributed by atoms with Crippen LogP contribution in [0.5, 0.6) is 0 Å². The van der Waals surface area contributed by atoms with Crippen molar-refractivity contribution in [1.29, 1.82) is 0 Å². The molecule has 0 saturated carbocycles. The molecular weight excluding hydrogens is 343 g/mol. The predicted molar refractivity (Wildman–Crippen MR) is 101 cm³/mol. The van der Waals surface area contributed by atoms with Gasteiger partial charge in [-0.1, -0.05) is 60.1 Å². The molecule has 1 atom stereocenters. The van der Waals surface area contributed by atoms with Gasteiger partial charge in [0.25, 0.3) is 0 Å². The fourth-order valence-corrected chi connectivity index (χ4v) is 3.33. The van der Waals surface area contributed by atoms with Gasteiger partial charge in [-0.25, -0.2) is 0 Å². The van der Waals surface area contributed by atoms with Gasteiger partial charge in [-0.15, -0.1) is 12.4 Å². The molecule has 1 heterocycles. The van der Waals surface area contributed by atoms with Crippen LogP contribution in [0.2, 0.25) is 5.02 Å². The van der Waals surface area contributed by atoms with E-state index in [0.717, 1.165) is 36.6 Å². The van der Waals surface area contributed by atoms with E-state index < -0.39 is 0 Å². The van der Waals surface area contributed by atoms with Crippen LogP contribution >= 0.6 is 24.0 Å². The van der Waals surface area contributed by atoms with Crippen molar-refractivity contribution in [2.45, 2.75) is 18.9 Å². The number of amides is 1. The Balaban J connectivity index is 0.00000208. The normalized spacial score (nSPS) is 17.2. The number of piperazine rings is 1. The third kappa shape index (κ3) is 4.50. The van der Waals surface area contributed by atoms with E-state index in [4.69, 9.17) is 11.6 Å². The van der Waals surface area contributed by atoms with E-state index in [0.29, 0.717) is 6.42 Å². The average molecular weight is 365 g/mol. The number of hydrogen-bond donors (Lipinski definition) is 1. The van der Waals surface area contributed by atoms with Crippen molar-refractivity contribution in [3.05, 3.63) is 70.7 Å². The number of halogens is 2. The molecule has 0 radical (unpaired) electrons. The van der Waals surface area contributed by atoms with Crippen LogP contribution in [0.3, 0.4) is 0 Å². The maximum Gasteiger partial charge on any atom is 0.223 e.